The SMILES string of the molecule is CCNS(=O)(=O)c1ccc2c(ccn2C)c1/C=[N+](\[O-])C(C)(C)C.CCNS(=O)(=O)c1ccc2ccccc2c1/C=[N+](\[O-])C(C)(C)C.CCNS(=O)(=O)c1ccc2ncccc2c1/C=[N+](\[O-])C(C)(C)C.CN1CCN(S(=O)(=O)c2ccc3c(c2=CN(O)C(C)(C)C)=NC=C3)CC1.CN1CCN(S(=O)(=O)c2ccc3ccccc3c2/C=[N+](\[O-])C(C)(C)C)CC1.CN1CCN(S(=O)(=O)c2ccc3cnccc3c2/C=[N+](\[O-])C(C)(C)C)CC1. The molecule has 15 rings (SSSR count). The van der Waals surface area contributed by atoms with Crippen LogP contribution in [0.3, 0.4) is 0 Å². The third-order valence-electron chi connectivity index (χ3n) is 24.8. The first-order chi connectivity index (χ1) is 69.2. The fourth-order valence-electron chi connectivity index (χ4n) is 15.7. The van der Waals surface area contributed by atoms with E-state index < -0.39 is 93.4 Å². The van der Waals surface area contributed by atoms with Gasteiger partial charge in [0.25, 0.3) is 0 Å². The van der Waals surface area contributed by atoms with Crippen molar-refractivity contribution in [1.29, 1.82) is 0 Å². The summed E-state index contributed by atoms with van der Waals surface area (Å²) in [6.45, 7) is 45.1. The number of nitrogens with zero attached hydrogens (tertiary/aromatic N) is 16. The minimum Gasteiger partial charge on any atom is -0.623 e. The number of fused-ring (bicyclic) bond motifs is 6. The van der Waals surface area contributed by atoms with Crippen LogP contribution in [0.4, 0.5) is 0 Å². The lowest BCUT2D eigenvalue weighted by atomic mass is 10.0. The smallest absolute Gasteiger partial charge is 0.244 e. The van der Waals surface area contributed by atoms with Crippen LogP contribution in [0.2, 0.25) is 0 Å². The number of benzene rings is 8. The van der Waals surface area contributed by atoms with Gasteiger partial charge in [0.1, 0.15) is 0 Å². The number of likely N-dealkylation sites (N-methyl/N-ethyl adjacent to an activating group) is 3. The number of pyridine rings is 2. The molecule has 4 aliphatic heterocycles. The molecule has 37 nitrogen and oxygen atoms in total. The highest BCUT2D eigenvalue weighted by molar-refractivity contribution is 7.91. The van der Waals surface area contributed by atoms with Crippen LogP contribution in [-0.2, 0) is 67.2 Å². The molecule has 3 aromatic heterocycles. The van der Waals surface area contributed by atoms with Crippen LogP contribution in [0.1, 0.15) is 179 Å². The Morgan fingerprint density at radius 2 is 0.698 bits per heavy atom. The van der Waals surface area contributed by atoms with E-state index in [1.54, 1.807) is 228 Å². The van der Waals surface area contributed by atoms with Gasteiger partial charge in [-0.3, -0.25) is 25.2 Å². The molecule has 0 spiro atoms. The van der Waals surface area contributed by atoms with Gasteiger partial charge in [0.15, 0.2) is 58.8 Å². The third kappa shape index (κ3) is 29.5. The molecule has 0 aliphatic carbocycles. The van der Waals surface area contributed by atoms with Gasteiger partial charge in [0, 0.05) is 279 Å². The first kappa shape index (κ1) is 119. The molecule has 8 aromatic carbocycles. The van der Waals surface area contributed by atoms with E-state index in [-0.39, 0.29) is 49.0 Å². The summed E-state index contributed by atoms with van der Waals surface area (Å²) in [6.07, 6.45) is 18.6. The fraction of sp³-hybridized carbons (Fsp3) is 0.434. The van der Waals surface area contributed by atoms with Gasteiger partial charge in [-0.25, -0.2) is 88.4 Å². The zero-order valence-corrected chi connectivity index (χ0v) is 94.8. The van der Waals surface area contributed by atoms with E-state index in [0.29, 0.717) is 133 Å². The van der Waals surface area contributed by atoms with Gasteiger partial charge >= 0.3 is 0 Å². The number of hydroxylamine groups is 7. The minimum atomic E-state index is -3.71. The number of piperazine rings is 3. The second-order valence-corrected chi connectivity index (χ2v) is 53.5. The molecule has 0 atom stereocenters. The van der Waals surface area contributed by atoms with Crippen molar-refractivity contribution in [2.24, 2.45) is 12.0 Å². The van der Waals surface area contributed by atoms with E-state index in [2.05, 4.69) is 43.8 Å². The van der Waals surface area contributed by atoms with Crippen LogP contribution in [0.15, 0.2) is 211 Å². The van der Waals surface area contributed by atoms with E-state index >= 15 is 0 Å². The molecule has 149 heavy (non-hydrogen) atoms. The molecule has 4 N–H and O–H groups in total. The third-order valence-corrected chi connectivity index (χ3v) is 35.5. The Morgan fingerprint density at radius 3 is 1.09 bits per heavy atom. The number of hydrogen-bond donors (Lipinski definition) is 4. The van der Waals surface area contributed by atoms with E-state index in [0.717, 1.165) is 72.2 Å². The number of hydrogen-bond acceptors (Lipinski definition) is 25. The Hall–Kier alpha value is -11.5. The molecule has 3 fully saturated rings. The maximum absolute atomic E-state index is 13.4. The topological polar surface area (TPSA) is 457 Å². The summed E-state index contributed by atoms with van der Waals surface area (Å²) in [5, 5.41) is 80.9. The van der Waals surface area contributed by atoms with Gasteiger partial charge in [-0.15, -0.1) is 0 Å². The molecule has 808 valence electrons. The molecule has 0 amide bonds. The van der Waals surface area contributed by atoms with Gasteiger partial charge in [-0.05, 0) is 142 Å². The number of rotatable bonds is 21. The quantitative estimate of drug-likeness (QED) is 0.0225. The van der Waals surface area contributed by atoms with Crippen LogP contribution in [0.25, 0.3) is 66.4 Å². The highest BCUT2D eigenvalue weighted by Gasteiger charge is 2.37. The lowest BCUT2D eigenvalue weighted by molar-refractivity contribution is -0.530. The van der Waals surface area contributed by atoms with Crippen molar-refractivity contribution in [3.8, 4) is 0 Å². The van der Waals surface area contributed by atoms with Crippen molar-refractivity contribution in [1.82, 2.24) is 61.4 Å². The van der Waals surface area contributed by atoms with Crippen molar-refractivity contribution in [2.45, 2.75) is 208 Å². The fourth-order valence-corrected chi connectivity index (χ4v) is 24.2. The molecular weight excluding hydrogens is 2020 g/mol. The molecule has 7 heterocycles. The monoisotopic (exact) mass is 2160 g/mol. The standard InChI is InChI=1S/C20H27N3O3S.C19H26N4O3S.C18H26N4O3S.C17H22N2O3S.C16H23N3O3S.C16H21N3O3S/c1-20(2,3)23(24)15-18-17-8-6-5-7-16(17)9-10-19(18)27(25,26)22-13-11-21(4)12-14-22;1-19(2,3)23(24)14-17-16-7-8-20-13-15(16)5-6-18(17)27(25,26)22-11-9-21(4)10-12-22;1-18(2,3)22(23)13-15-16(6-5-14-7-8-19-17(14)15)26(24,25)21-11-9-20(4)10-12-21;1-5-18-23(21,22)16-11-10-13-8-6-7-9-14(13)15(16)12-19(20)17(2,3)4;1-6-17-23(21,22)15-8-7-14-12(9-10-18(14)5)13(15)11-19(20)16(2,3)4;1-5-18-23(21,22)15-9-8-14-12(7-6-10-17-14)13(15)11-19(20)16(2,3)4/h5-10,15H,11-14H2,1-4H3;5-8,13-14H,9-12H2,1-4H3;5-8,13,23H,9-12H2,1-4H3;6-12,18H,5H2,1-4H3;7-11,17H,6H2,1-5H3;6-11,18H,5H2,1-4H3/b23-15-;23-14-;;19-12-;2*19-11-. The van der Waals surface area contributed by atoms with Gasteiger partial charge in [-0.2, -0.15) is 12.9 Å². The van der Waals surface area contributed by atoms with Crippen molar-refractivity contribution in [3.63, 3.8) is 0 Å². The molecule has 0 bridgehead atoms. The maximum atomic E-state index is 13.4. The minimum absolute atomic E-state index is 0.0740. The van der Waals surface area contributed by atoms with Gasteiger partial charge < -0.3 is 45.3 Å². The number of sulfonamides is 6. The summed E-state index contributed by atoms with van der Waals surface area (Å²) in [7, 11) is -14.3. The lowest BCUT2D eigenvalue weighted by Crippen LogP contribution is -2.49. The zero-order chi connectivity index (χ0) is 111. The van der Waals surface area contributed by atoms with Crippen molar-refractivity contribution in [3.05, 3.63) is 247 Å². The Bertz CT molecular complexity index is 7500. The Morgan fingerprint density at radius 1 is 0.369 bits per heavy atom. The molecule has 4 aliphatic rings. The van der Waals surface area contributed by atoms with E-state index in [9.17, 15) is 81.8 Å². The second-order valence-electron chi connectivity index (χ2n) is 42.6. The number of aromatic nitrogens is 3. The summed E-state index contributed by atoms with van der Waals surface area (Å²) in [5.41, 5.74) is 0.497. The van der Waals surface area contributed by atoms with Crippen molar-refractivity contribution in [2.75, 3.05) is 119 Å². The van der Waals surface area contributed by atoms with Gasteiger partial charge in [0.2, 0.25) is 60.1 Å². The average Bonchev–Trinajstić information content (AvgIpc) is 1.17. The Kier molecular flexibility index (Phi) is 38.5. The van der Waals surface area contributed by atoms with Crippen LogP contribution in [0.5, 0.6) is 0 Å². The summed E-state index contributed by atoms with van der Waals surface area (Å²) in [4.78, 5) is 19.8. The molecular formula is C106H145N19O18S6. The number of aryl methyl sites for hydroxylation is 1. The van der Waals surface area contributed by atoms with Crippen molar-refractivity contribution >= 4 is 158 Å². The van der Waals surface area contributed by atoms with E-state index in [4.69, 9.17) is 0 Å². The molecule has 0 saturated carbocycles. The summed E-state index contributed by atoms with van der Waals surface area (Å²) in [5.74, 6) is 0. The summed E-state index contributed by atoms with van der Waals surface area (Å²) in [6, 6.07) is 41.9. The predicted octanol–water partition coefficient (Wildman–Crippen LogP) is 12.2. The van der Waals surface area contributed by atoms with Crippen LogP contribution in [0, 0.1) is 26.0 Å². The van der Waals surface area contributed by atoms with Crippen LogP contribution in [-0.4, -0.2) is 310 Å². The second kappa shape index (κ2) is 48.0. The van der Waals surface area contributed by atoms with E-state index in [1.807, 2.05) is 126 Å². The Labute approximate surface area is 878 Å². The molecule has 3 saturated heterocycles. The maximum Gasteiger partial charge on any atom is 0.244 e. The van der Waals surface area contributed by atoms with Crippen LogP contribution >= 0.6 is 0 Å². The van der Waals surface area contributed by atoms with Crippen molar-refractivity contribution < 1.29 is 79.4 Å². The summed E-state index contributed by atoms with van der Waals surface area (Å²) >= 11 is 0. The Balaban J connectivity index is 0.000000183. The highest BCUT2D eigenvalue weighted by atomic mass is 32.2. The highest BCUT2D eigenvalue weighted by Crippen LogP contribution is 2.34. The van der Waals surface area contributed by atoms with Gasteiger partial charge in [0.05, 0.1) is 73.6 Å². The molecule has 0 unspecified atom stereocenters. The first-order valence-corrected chi connectivity index (χ1v) is 57.8. The molecule has 0 radical (unpaired) electrons. The zero-order valence-electron chi connectivity index (χ0n) is 89.9. The average molecular weight is 2170 g/mol. The molecule has 11 aromatic rings. The van der Waals surface area contributed by atoms with Crippen LogP contribution < -0.4 is 24.7 Å². The predicted molar refractivity (Wildman–Crippen MR) is 592 cm³/mol. The summed E-state index contributed by atoms with van der Waals surface area (Å²) < 4.78 is 173. The normalized spacial score (nSPS) is 16.3. The van der Waals surface area contributed by atoms with Gasteiger partial charge in [-0.1, -0.05) is 99.6 Å². The van der Waals surface area contributed by atoms with E-state index in [1.165, 1.54) is 56.3 Å². The largest absolute Gasteiger partial charge is 0.623 e. The number of nitrogens with one attached hydrogen (secondary N) is 3. The first-order valence-electron chi connectivity index (χ1n) is 49.1. The lowest BCUT2D eigenvalue weighted by Gasteiger charge is -2.32. The molecule has 43 heteroatoms.